The number of rotatable bonds is 5. The molecule has 5 heteroatoms. The normalized spacial score (nSPS) is 17.9. The zero-order valence-corrected chi connectivity index (χ0v) is 11.9. The van der Waals surface area contributed by atoms with Gasteiger partial charge in [0.2, 0.25) is 0 Å². The van der Waals surface area contributed by atoms with Crippen LogP contribution in [0.2, 0.25) is 0 Å². The molecule has 1 aromatic carbocycles. The largest absolute Gasteiger partial charge is 0.395 e. The van der Waals surface area contributed by atoms with E-state index in [1.54, 1.807) is 0 Å². The molecule has 0 saturated carbocycles. The van der Waals surface area contributed by atoms with E-state index >= 15 is 0 Å². The molecular formula is C15H22F2N2O. The SMILES string of the molecule is CN1CCC(N(CCO)Cc2cc(F)ccc2F)CC1. The number of hydrogen-bond acceptors (Lipinski definition) is 3. The Balaban J connectivity index is 2.06. The van der Waals surface area contributed by atoms with E-state index in [4.69, 9.17) is 0 Å². The molecule has 1 aliphatic rings. The Hall–Kier alpha value is -1.04. The van der Waals surface area contributed by atoms with E-state index in [1.165, 1.54) is 6.07 Å². The van der Waals surface area contributed by atoms with Gasteiger partial charge in [-0.1, -0.05) is 0 Å². The van der Waals surface area contributed by atoms with Crippen molar-refractivity contribution in [3.05, 3.63) is 35.4 Å². The summed E-state index contributed by atoms with van der Waals surface area (Å²) in [7, 11) is 2.08. The van der Waals surface area contributed by atoms with Crippen LogP contribution in [0.25, 0.3) is 0 Å². The van der Waals surface area contributed by atoms with Crippen LogP contribution in [0.5, 0.6) is 0 Å². The van der Waals surface area contributed by atoms with E-state index in [0.29, 0.717) is 24.7 Å². The Morgan fingerprint density at radius 1 is 1.30 bits per heavy atom. The highest BCUT2D eigenvalue weighted by molar-refractivity contribution is 5.18. The minimum absolute atomic E-state index is 0.0310. The van der Waals surface area contributed by atoms with Gasteiger partial charge in [0, 0.05) is 24.7 Å². The summed E-state index contributed by atoms with van der Waals surface area (Å²) >= 11 is 0. The van der Waals surface area contributed by atoms with Gasteiger partial charge in [-0.05, 0) is 51.2 Å². The minimum atomic E-state index is -0.422. The summed E-state index contributed by atoms with van der Waals surface area (Å²) in [4.78, 5) is 4.32. The van der Waals surface area contributed by atoms with Gasteiger partial charge in [0.1, 0.15) is 11.6 Å². The summed E-state index contributed by atoms with van der Waals surface area (Å²) < 4.78 is 27.0. The average molecular weight is 284 g/mol. The number of hydrogen-bond donors (Lipinski definition) is 1. The van der Waals surface area contributed by atoms with Crippen LogP contribution in [0.3, 0.4) is 0 Å². The Labute approximate surface area is 118 Å². The standard InChI is InChI=1S/C15H22F2N2O/c1-18-6-4-14(5-7-18)19(8-9-20)11-12-10-13(16)2-3-15(12)17/h2-3,10,14,20H,4-9,11H2,1H3. The van der Waals surface area contributed by atoms with Crippen molar-refractivity contribution in [1.29, 1.82) is 0 Å². The lowest BCUT2D eigenvalue weighted by molar-refractivity contribution is 0.0931. The van der Waals surface area contributed by atoms with Crippen molar-refractivity contribution in [3.8, 4) is 0 Å². The quantitative estimate of drug-likeness (QED) is 0.894. The second kappa shape index (κ2) is 7.11. The van der Waals surface area contributed by atoms with E-state index in [0.717, 1.165) is 38.1 Å². The molecule has 1 heterocycles. The van der Waals surface area contributed by atoms with Crippen LogP contribution < -0.4 is 0 Å². The third-order valence-corrected chi connectivity index (χ3v) is 3.97. The minimum Gasteiger partial charge on any atom is -0.395 e. The van der Waals surface area contributed by atoms with Crippen LogP contribution in [0.4, 0.5) is 8.78 Å². The van der Waals surface area contributed by atoms with Crippen molar-refractivity contribution in [2.24, 2.45) is 0 Å². The highest BCUT2D eigenvalue weighted by Gasteiger charge is 2.23. The Kier molecular flexibility index (Phi) is 5.46. The predicted octanol–water partition coefficient (Wildman–Crippen LogP) is 1.85. The second-order valence-corrected chi connectivity index (χ2v) is 5.46. The van der Waals surface area contributed by atoms with Crippen molar-refractivity contribution in [2.45, 2.75) is 25.4 Å². The Morgan fingerprint density at radius 3 is 2.65 bits per heavy atom. The van der Waals surface area contributed by atoms with Gasteiger partial charge in [-0.3, -0.25) is 4.90 Å². The maximum atomic E-state index is 13.7. The molecule has 1 N–H and O–H groups in total. The first-order chi connectivity index (χ1) is 9.60. The molecule has 0 aromatic heterocycles. The molecule has 0 aliphatic carbocycles. The zero-order valence-electron chi connectivity index (χ0n) is 11.9. The summed E-state index contributed by atoms with van der Waals surface area (Å²) in [5, 5.41) is 9.20. The van der Waals surface area contributed by atoms with Gasteiger partial charge in [-0.2, -0.15) is 0 Å². The summed E-state index contributed by atoms with van der Waals surface area (Å²) in [6.07, 6.45) is 1.99. The van der Waals surface area contributed by atoms with E-state index < -0.39 is 5.82 Å². The van der Waals surface area contributed by atoms with E-state index in [1.807, 2.05) is 0 Å². The van der Waals surface area contributed by atoms with Crippen molar-refractivity contribution in [3.63, 3.8) is 0 Å². The van der Waals surface area contributed by atoms with Crippen LogP contribution in [-0.4, -0.2) is 54.2 Å². The number of halogens is 2. The fourth-order valence-corrected chi connectivity index (χ4v) is 2.76. The molecule has 112 valence electrons. The zero-order chi connectivity index (χ0) is 14.5. The number of likely N-dealkylation sites (tertiary alicyclic amines) is 1. The number of nitrogens with zero attached hydrogens (tertiary/aromatic N) is 2. The number of benzene rings is 1. The van der Waals surface area contributed by atoms with Crippen molar-refractivity contribution in [1.82, 2.24) is 9.80 Å². The first kappa shape index (κ1) is 15.4. The third kappa shape index (κ3) is 3.98. The molecule has 2 rings (SSSR count). The summed E-state index contributed by atoms with van der Waals surface area (Å²) in [5.41, 5.74) is 0.359. The molecule has 0 spiro atoms. The second-order valence-electron chi connectivity index (χ2n) is 5.46. The van der Waals surface area contributed by atoms with Crippen LogP contribution in [0, 0.1) is 11.6 Å². The van der Waals surface area contributed by atoms with Gasteiger partial charge in [-0.15, -0.1) is 0 Å². The molecule has 1 aromatic rings. The van der Waals surface area contributed by atoms with E-state index in [2.05, 4.69) is 16.8 Å². The van der Waals surface area contributed by atoms with Gasteiger partial charge < -0.3 is 10.0 Å². The van der Waals surface area contributed by atoms with Crippen LogP contribution in [-0.2, 0) is 6.54 Å². The summed E-state index contributed by atoms with van der Waals surface area (Å²) in [6.45, 7) is 2.86. The maximum Gasteiger partial charge on any atom is 0.127 e. The first-order valence-electron chi connectivity index (χ1n) is 7.07. The molecule has 1 saturated heterocycles. The van der Waals surface area contributed by atoms with E-state index in [-0.39, 0.29) is 12.4 Å². The topological polar surface area (TPSA) is 26.7 Å². The maximum absolute atomic E-state index is 13.7. The molecule has 20 heavy (non-hydrogen) atoms. The smallest absolute Gasteiger partial charge is 0.127 e. The Morgan fingerprint density at radius 2 is 2.00 bits per heavy atom. The van der Waals surface area contributed by atoms with Gasteiger partial charge in [0.25, 0.3) is 0 Å². The Bertz CT molecular complexity index is 434. The molecule has 0 radical (unpaired) electrons. The van der Waals surface area contributed by atoms with Crippen LogP contribution in [0.1, 0.15) is 18.4 Å². The molecule has 1 fully saturated rings. The number of aliphatic hydroxyl groups is 1. The van der Waals surface area contributed by atoms with Gasteiger partial charge in [-0.25, -0.2) is 8.78 Å². The van der Waals surface area contributed by atoms with E-state index in [9.17, 15) is 13.9 Å². The lowest BCUT2D eigenvalue weighted by atomic mass is 10.0. The molecule has 0 amide bonds. The lowest BCUT2D eigenvalue weighted by Gasteiger charge is -2.37. The number of piperidine rings is 1. The first-order valence-corrected chi connectivity index (χ1v) is 7.07. The van der Waals surface area contributed by atoms with Crippen LogP contribution >= 0.6 is 0 Å². The molecule has 0 unspecified atom stereocenters. The predicted molar refractivity (Wildman–Crippen MR) is 74.4 cm³/mol. The van der Waals surface area contributed by atoms with Gasteiger partial charge in [0.05, 0.1) is 6.61 Å². The molecule has 3 nitrogen and oxygen atoms in total. The van der Waals surface area contributed by atoms with Gasteiger partial charge >= 0.3 is 0 Å². The molecular weight excluding hydrogens is 262 g/mol. The summed E-state index contributed by atoms with van der Waals surface area (Å²) in [6, 6.07) is 3.86. The highest BCUT2D eigenvalue weighted by Crippen LogP contribution is 2.19. The lowest BCUT2D eigenvalue weighted by Crippen LogP contribution is -2.44. The van der Waals surface area contributed by atoms with Crippen molar-refractivity contribution < 1.29 is 13.9 Å². The highest BCUT2D eigenvalue weighted by atomic mass is 19.1. The number of aliphatic hydroxyl groups excluding tert-OH is 1. The van der Waals surface area contributed by atoms with Crippen LogP contribution in [0.15, 0.2) is 18.2 Å². The van der Waals surface area contributed by atoms with Gasteiger partial charge in [0.15, 0.2) is 0 Å². The average Bonchev–Trinajstić information content (AvgIpc) is 2.43. The molecule has 0 bridgehead atoms. The molecule has 0 atom stereocenters. The fourth-order valence-electron chi connectivity index (χ4n) is 2.76. The van der Waals surface area contributed by atoms with Crippen molar-refractivity contribution >= 4 is 0 Å². The van der Waals surface area contributed by atoms with Crippen molar-refractivity contribution in [2.75, 3.05) is 33.3 Å². The molecule has 1 aliphatic heterocycles. The summed E-state index contributed by atoms with van der Waals surface area (Å²) in [5.74, 6) is -0.809. The monoisotopic (exact) mass is 284 g/mol. The third-order valence-electron chi connectivity index (χ3n) is 3.97. The fraction of sp³-hybridized carbons (Fsp3) is 0.600.